The van der Waals surface area contributed by atoms with Gasteiger partial charge in [-0.3, -0.25) is 0 Å². The van der Waals surface area contributed by atoms with E-state index in [1.807, 2.05) is 6.92 Å². The van der Waals surface area contributed by atoms with E-state index in [1.165, 1.54) is 12.1 Å². The van der Waals surface area contributed by atoms with Crippen LogP contribution in [0.4, 0.5) is 10.2 Å². The fourth-order valence-electron chi connectivity index (χ4n) is 2.78. The summed E-state index contributed by atoms with van der Waals surface area (Å²) in [6, 6.07) is 7.71. The highest BCUT2D eigenvalue weighted by Crippen LogP contribution is 2.34. The van der Waals surface area contributed by atoms with Crippen molar-refractivity contribution in [3.8, 4) is 11.3 Å². The van der Waals surface area contributed by atoms with Crippen molar-refractivity contribution in [2.75, 3.05) is 17.2 Å². The highest BCUT2D eigenvalue weighted by molar-refractivity contribution is 7.91. The van der Waals surface area contributed by atoms with Gasteiger partial charge in [-0.2, -0.15) is 5.10 Å². The zero-order chi connectivity index (χ0) is 15.3. The van der Waals surface area contributed by atoms with Gasteiger partial charge in [0.2, 0.25) is 0 Å². The highest BCUT2D eigenvalue weighted by Gasteiger charge is 2.41. The van der Waals surface area contributed by atoms with Gasteiger partial charge in [-0.15, -0.1) is 0 Å². The van der Waals surface area contributed by atoms with Crippen LogP contribution in [0.15, 0.2) is 30.3 Å². The molecule has 2 heterocycles. The Labute approximate surface area is 122 Å². The van der Waals surface area contributed by atoms with Crippen molar-refractivity contribution in [1.82, 2.24) is 9.78 Å². The predicted octanol–water partition coefficient (Wildman–Crippen LogP) is 1.81. The molecule has 1 aliphatic heterocycles. The minimum atomic E-state index is -3.06. The van der Waals surface area contributed by atoms with Crippen LogP contribution in [0.5, 0.6) is 0 Å². The van der Waals surface area contributed by atoms with Gasteiger partial charge in [0.05, 0.1) is 22.7 Å². The number of halogens is 1. The first-order valence-electron chi connectivity index (χ1n) is 6.61. The number of hydrogen-bond donors (Lipinski definition) is 1. The summed E-state index contributed by atoms with van der Waals surface area (Å²) >= 11 is 0. The maximum absolute atomic E-state index is 13.3. The molecule has 1 aliphatic rings. The molecule has 1 atom stereocenters. The second-order valence-corrected chi connectivity index (χ2v) is 7.90. The monoisotopic (exact) mass is 309 g/mol. The van der Waals surface area contributed by atoms with Gasteiger partial charge in [-0.25, -0.2) is 17.5 Å². The van der Waals surface area contributed by atoms with Crippen molar-refractivity contribution in [3.63, 3.8) is 0 Å². The molecule has 0 saturated carbocycles. The Hall–Kier alpha value is -1.89. The number of nitrogens with zero attached hydrogens (tertiary/aromatic N) is 2. The van der Waals surface area contributed by atoms with Gasteiger partial charge in [-0.1, -0.05) is 12.1 Å². The summed E-state index contributed by atoms with van der Waals surface area (Å²) in [4.78, 5) is 0. The lowest BCUT2D eigenvalue weighted by Gasteiger charge is -2.24. The molecule has 21 heavy (non-hydrogen) atoms. The average Bonchev–Trinajstić information content (AvgIpc) is 2.91. The fourth-order valence-corrected chi connectivity index (χ4v) is 4.89. The molecular weight excluding hydrogens is 293 g/mol. The maximum Gasteiger partial charge on any atom is 0.152 e. The zero-order valence-electron chi connectivity index (χ0n) is 11.6. The van der Waals surface area contributed by atoms with Crippen LogP contribution in [0.2, 0.25) is 0 Å². The van der Waals surface area contributed by atoms with Crippen molar-refractivity contribution in [3.05, 3.63) is 36.1 Å². The van der Waals surface area contributed by atoms with Gasteiger partial charge < -0.3 is 5.73 Å². The van der Waals surface area contributed by atoms with Gasteiger partial charge in [0.1, 0.15) is 11.6 Å². The van der Waals surface area contributed by atoms with E-state index in [-0.39, 0.29) is 17.3 Å². The minimum Gasteiger partial charge on any atom is -0.384 e. The first-order chi connectivity index (χ1) is 9.79. The minimum absolute atomic E-state index is 0.0223. The fraction of sp³-hybridized carbons (Fsp3) is 0.357. The summed E-state index contributed by atoms with van der Waals surface area (Å²) < 4.78 is 38.3. The molecule has 0 amide bonds. The largest absolute Gasteiger partial charge is 0.384 e. The Balaban J connectivity index is 2.03. The zero-order valence-corrected chi connectivity index (χ0v) is 12.4. The molecule has 3 rings (SSSR count). The molecule has 2 aromatic rings. The van der Waals surface area contributed by atoms with Crippen molar-refractivity contribution >= 4 is 15.7 Å². The molecule has 1 aromatic carbocycles. The van der Waals surface area contributed by atoms with E-state index in [2.05, 4.69) is 5.10 Å². The van der Waals surface area contributed by atoms with Crippen LogP contribution in [0.1, 0.15) is 13.3 Å². The lowest BCUT2D eigenvalue weighted by Crippen LogP contribution is -2.33. The maximum atomic E-state index is 13.3. The lowest BCUT2D eigenvalue weighted by atomic mass is 10.0. The van der Waals surface area contributed by atoms with Crippen molar-refractivity contribution in [1.29, 1.82) is 0 Å². The number of nitrogen functional groups attached to an aromatic ring is 1. The van der Waals surface area contributed by atoms with Crippen LogP contribution >= 0.6 is 0 Å². The van der Waals surface area contributed by atoms with Gasteiger partial charge >= 0.3 is 0 Å². The van der Waals surface area contributed by atoms with Crippen LogP contribution in [0.25, 0.3) is 11.3 Å². The van der Waals surface area contributed by atoms with Crippen molar-refractivity contribution < 1.29 is 12.8 Å². The SMILES string of the molecule is CC1(n2nc(-c3cccc(F)c3)cc2N)CCS(=O)(=O)C1. The molecule has 1 saturated heterocycles. The van der Waals surface area contributed by atoms with Crippen LogP contribution in [-0.2, 0) is 15.4 Å². The van der Waals surface area contributed by atoms with E-state index >= 15 is 0 Å². The summed E-state index contributed by atoms with van der Waals surface area (Å²) in [6.45, 7) is 1.83. The molecule has 5 nitrogen and oxygen atoms in total. The lowest BCUT2D eigenvalue weighted by molar-refractivity contribution is 0.335. The number of anilines is 1. The Kier molecular flexibility index (Phi) is 3.05. The standard InChI is InChI=1S/C14H16FN3O2S/c1-14(5-6-21(19,20)9-14)18-13(16)8-12(17-18)10-3-2-4-11(15)7-10/h2-4,7-8H,5-6,9,16H2,1H3. The van der Waals surface area contributed by atoms with Crippen LogP contribution in [-0.4, -0.2) is 29.7 Å². The van der Waals surface area contributed by atoms with E-state index in [9.17, 15) is 12.8 Å². The van der Waals surface area contributed by atoms with Gasteiger partial charge in [0.15, 0.2) is 9.84 Å². The molecule has 1 aromatic heterocycles. The third-order valence-electron chi connectivity index (χ3n) is 3.85. The molecule has 112 valence electrons. The molecule has 2 N–H and O–H groups in total. The summed E-state index contributed by atoms with van der Waals surface area (Å²) in [5, 5.41) is 4.40. The molecule has 7 heteroatoms. The Bertz CT molecular complexity index is 800. The second kappa shape index (κ2) is 4.56. The van der Waals surface area contributed by atoms with Crippen molar-refractivity contribution in [2.45, 2.75) is 18.9 Å². The number of sulfone groups is 1. The van der Waals surface area contributed by atoms with Crippen LogP contribution in [0, 0.1) is 5.82 Å². The Morgan fingerprint density at radius 3 is 2.76 bits per heavy atom. The second-order valence-electron chi connectivity index (χ2n) is 5.72. The summed E-state index contributed by atoms with van der Waals surface area (Å²) in [6.07, 6.45) is 0.476. The first kappa shape index (κ1) is 14.1. The number of nitrogens with two attached hydrogens (primary N) is 1. The van der Waals surface area contributed by atoms with Crippen molar-refractivity contribution in [2.24, 2.45) is 0 Å². The first-order valence-corrected chi connectivity index (χ1v) is 8.44. The number of benzene rings is 1. The molecular formula is C14H16FN3O2S. The topological polar surface area (TPSA) is 78.0 Å². The smallest absolute Gasteiger partial charge is 0.152 e. The van der Waals surface area contributed by atoms with E-state index in [4.69, 9.17) is 5.73 Å². The molecule has 0 bridgehead atoms. The van der Waals surface area contributed by atoms with Crippen LogP contribution in [0.3, 0.4) is 0 Å². The normalized spacial score (nSPS) is 24.3. The molecule has 0 radical (unpaired) electrons. The Morgan fingerprint density at radius 2 is 2.14 bits per heavy atom. The van der Waals surface area contributed by atoms with Crippen LogP contribution < -0.4 is 5.73 Å². The quantitative estimate of drug-likeness (QED) is 0.917. The molecule has 0 aliphatic carbocycles. The Morgan fingerprint density at radius 1 is 1.38 bits per heavy atom. The molecule has 1 unspecified atom stereocenters. The predicted molar refractivity (Wildman–Crippen MR) is 79.0 cm³/mol. The summed E-state index contributed by atoms with van der Waals surface area (Å²) in [5.41, 5.74) is 6.49. The van der Waals surface area contributed by atoms with E-state index < -0.39 is 15.4 Å². The van der Waals surface area contributed by atoms with Gasteiger partial charge in [0, 0.05) is 11.6 Å². The van der Waals surface area contributed by atoms with Gasteiger partial charge in [-0.05, 0) is 25.5 Å². The molecule has 0 spiro atoms. The van der Waals surface area contributed by atoms with Gasteiger partial charge in [0.25, 0.3) is 0 Å². The number of aromatic nitrogens is 2. The summed E-state index contributed by atoms with van der Waals surface area (Å²) in [5.74, 6) is 0.191. The number of hydrogen-bond acceptors (Lipinski definition) is 4. The molecule has 1 fully saturated rings. The number of rotatable bonds is 2. The summed E-state index contributed by atoms with van der Waals surface area (Å²) in [7, 11) is -3.06. The van der Waals surface area contributed by atoms with E-state index in [1.54, 1.807) is 22.9 Å². The third-order valence-corrected chi connectivity index (χ3v) is 5.74. The van der Waals surface area contributed by atoms with E-state index in [0.29, 0.717) is 23.5 Å². The van der Waals surface area contributed by atoms with E-state index in [0.717, 1.165) is 0 Å². The highest BCUT2D eigenvalue weighted by atomic mass is 32.2. The third kappa shape index (κ3) is 2.53. The average molecular weight is 309 g/mol.